The number of ketones is 1. The zero-order valence-electron chi connectivity index (χ0n) is 15.2. The first-order valence-electron chi connectivity index (χ1n) is 8.85. The SMILES string of the molecule is O=C(NC(=O)n1c(O)c(C(=O)Cc2cccs2)c2ccccc21)c1ccccc1. The summed E-state index contributed by atoms with van der Waals surface area (Å²) >= 11 is 1.44. The summed E-state index contributed by atoms with van der Waals surface area (Å²) in [5, 5.41) is 15.3. The van der Waals surface area contributed by atoms with Gasteiger partial charge in [-0.05, 0) is 29.6 Å². The van der Waals surface area contributed by atoms with Crippen molar-refractivity contribution in [2.24, 2.45) is 0 Å². The van der Waals surface area contributed by atoms with Crippen LogP contribution in [0.5, 0.6) is 5.88 Å². The van der Waals surface area contributed by atoms with Crippen LogP contribution in [-0.4, -0.2) is 27.4 Å². The highest BCUT2D eigenvalue weighted by Crippen LogP contribution is 2.32. The third-order valence-electron chi connectivity index (χ3n) is 4.50. The smallest absolute Gasteiger partial charge is 0.335 e. The van der Waals surface area contributed by atoms with Gasteiger partial charge < -0.3 is 5.11 Å². The van der Waals surface area contributed by atoms with E-state index in [2.05, 4.69) is 5.32 Å². The number of fused-ring (bicyclic) bond motifs is 1. The number of amides is 2. The Morgan fingerprint density at radius 2 is 1.66 bits per heavy atom. The molecule has 2 N–H and O–H groups in total. The maximum absolute atomic E-state index is 12.9. The van der Waals surface area contributed by atoms with Gasteiger partial charge in [0.2, 0.25) is 5.88 Å². The van der Waals surface area contributed by atoms with E-state index in [4.69, 9.17) is 0 Å². The van der Waals surface area contributed by atoms with E-state index < -0.39 is 17.8 Å². The van der Waals surface area contributed by atoms with Crippen LogP contribution in [0.2, 0.25) is 0 Å². The molecule has 0 radical (unpaired) electrons. The van der Waals surface area contributed by atoms with Crippen molar-refractivity contribution in [1.82, 2.24) is 9.88 Å². The summed E-state index contributed by atoms with van der Waals surface area (Å²) in [5.74, 6) is -1.38. The second-order valence-electron chi connectivity index (χ2n) is 6.36. The quantitative estimate of drug-likeness (QED) is 0.498. The number of carbonyl (C=O) groups is 3. The molecule has 7 heteroatoms. The second kappa shape index (κ2) is 7.73. The monoisotopic (exact) mass is 404 g/mol. The van der Waals surface area contributed by atoms with Gasteiger partial charge in [0.1, 0.15) is 0 Å². The Labute approximate surface area is 170 Å². The molecule has 0 aliphatic rings. The summed E-state index contributed by atoms with van der Waals surface area (Å²) in [5.41, 5.74) is 0.722. The number of para-hydroxylation sites is 1. The Bertz CT molecular complexity index is 1210. The molecule has 2 amide bonds. The lowest BCUT2D eigenvalue weighted by atomic mass is 10.1. The molecule has 0 saturated carbocycles. The number of nitrogens with one attached hydrogen (secondary N) is 1. The van der Waals surface area contributed by atoms with Crippen molar-refractivity contribution in [2.45, 2.75) is 6.42 Å². The zero-order valence-corrected chi connectivity index (χ0v) is 16.0. The van der Waals surface area contributed by atoms with E-state index in [9.17, 15) is 19.5 Å². The maximum atomic E-state index is 12.9. The molecule has 0 bridgehead atoms. The molecule has 29 heavy (non-hydrogen) atoms. The van der Waals surface area contributed by atoms with Gasteiger partial charge >= 0.3 is 6.03 Å². The minimum Gasteiger partial charge on any atom is -0.494 e. The molecule has 0 atom stereocenters. The molecule has 0 unspecified atom stereocenters. The van der Waals surface area contributed by atoms with E-state index in [-0.39, 0.29) is 17.8 Å². The fourth-order valence-electron chi connectivity index (χ4n) is 3.18. The third-order valence-corrected chi connectivity index (χ3v) is 5.38. The number of carbonyl (C=O) groups excluding carboxylic acids is 3. The van der Waals surface area contributed by atoms with Crippen molar-refractivity contribution >= 4 is 40.0 Å². The first-order valence-corrected chi connectivity index (χ1v) is 9.73. The lowest BCUT2D eigenvalue weighted by Gasteiger charge is -2.07. The minimum absolute atomic E-state index is 0.0660. The first-order chi connectivity index (χ1) is 14.1. The van der Waals surface area contributed by atoms with E-state index in [1.54, 1.807) is 54.6 Å². The molecule has 0 spiro atoms. The van der Waals surface area contributed by atoms with E-state index >= 15 is 0 Å². The first kappa shape index (κ1) is 18.6. The number of aromatic nitrogens is 1. The standard InChI is InChI=1S/C22H16N2O4S/c25-18(13-15-9-6-12-29-15)19-16-10-4-5-11-17(16)24(21(19)27)22(28)23-20(26)14-7-2-1-3-8-14/h1-12,27H,13H2,(H,23,26,28). The number of Topliss-reactive ketones (excluding diaryl/α,β-unsaturated/α-hetero) is 1. The lowest BCUT2D eigenvalue weighted by molar-refractivity contribution is 0.0963. The Balaban J connectivity index is 1.71. The van der Waals surface area contributed by atoms with Crippen LogP contribution in [-0.2, 0) is 6.42 Å². The van der Waals surface area contributed by atoms with Crippen molar-refractivity contribution in [2.75, 3.05) is 0 Å². The third kappa shape index (κ3) is 3.55. The Morgan fingerprint density at radius 3 is 2.38 bits per heavy atom. The number of nitrogens with zero attached hydrogens (tertiary/aromatic N) is 1. The van der Waals surface area contributed by atoms with Crippen LogP contribution in [0, 0.1) is 0 Å². The summed E-state index contributed by atoms with van der Waals surface area (Å²) in [4.78, 5) is 38.8. The number of benzene rings is 2. The van der Waals surface area contributed by atoms with Crippen LogP contribution < -0.4 is 5.32 Å². The maximum Gasteiger partial charge on any atom is 0.335 e. The highest BCUT2D eigenvalue weighted by molar-refractivity contribution is 7.10. The molecule has 0 aliphatic carbocycles. The molecule has 4 aromatic rings. The Morgan fingerprint density at radius 1 is 0.931 bits per heavy atom. The molecule has 2 aromatic carbocycles. The number of rotatable bonds is 4. The van der Waals surface area contributed by atoms with Gasteiger partial charge in [-0.2, -0.15) is 0 Å². The predicted molar refractivity (Wildman–Crippen MR) is 111 cm³/mol. The average molecular weight is 404 g/mol. The predicted octanol–water partition coefficient (Wildman–Crippen LogP) is 4.23. The van der Waals surface area contributed by atoms with Crippen LogP contribution in [0.25, 0.3) is 10.9 Å². The van der Waals surface area contributed by atoms with Gasteiger partial charge in [-0.1, -0.05) is 42.5 Å². The van der Waals surface area contributed by atoms with Crippen molar-refractivity contribution < 1.29 is 19.5 Å². The summed E-state index contributed by atoms with van der Waals surface area (Å²) < 4.78 is 0.956. The van der Waals surface area contributed by atoms with Crippen molar-refractivity contribution in [1.29, 1.82) is 0 Å². The number of aromatic hydroxyl groups is 1. The van der Waals surface area contributed by atoms with Crippen LogP contribution >= 0.6 is 11.3 Å². The number of thiophene rings is 1. The summed E-state index contributed by atoms with van der Waals surface area (Å²) in [6.45, 7) is 0. The molecule has 0 saturated heterocycles. The second-order valence-corrected chi connectivity index (χ2v) is 7.39. The Hall–Kier alpha value is -3.71. The highest BCUT2D eigenvalue weighted by atomic mass is 32.1. The lowest BCUT2D eigenvalue weighted by Crippen LogP contribution is -2.33. The van der Waals surface area contributed by atoms with Crippen LogP contribution in [0.1, 0.15) is 25.6 Å². The molecule has 6 nitrogen and oxygen atoms in total. The normalized spacial score (nSPS) is 10.8. The van der Waals surface area contributed by atoms with Gasteiger partial charge in [-0.15, -0.1) is 11.3 Å². The molecule has 0 aliphatic heterocycles. The zero-order chi connectivity index (χ0) is 20.4. The number of hydrogen-bond acceptors (Lipinski definition) is 5. The van der Waals surface area contributed by atoms with Gasteiger partial charge in [0.05, 0.1) is 11.1 Å². The molecule has 4 rings (SSSR count). The fraction of sp³-hybridized carbons (Fsp3) is 0.0455. The van der Waals surface area contributed by atoms with E-state index in [1.165, 1.54) is 11.3 Å². The van der Waals surface area contributed by atoms with Gasteiger partial charge in [0, 0.05) is 22.2 Å². The van der Waals surface area contributed by atoms with Gasteiger partial charge in [-0.3, -0.25) is 14.9 Å². The molecular weight excluding hydrogens is 388 g/mol. The molecule has 2 heterocycles. The van der Waals surface area contributed by atoms with Crippen LogP contribution in [0.15, 0.2) is 72.1 Å². The minimum atomic E-state index is -0.831. The Kier molecular flexibility index (Phi) is 4.97. The average Bonchev–Trinajstić information content (AvgIpc) is 3.33. The topological polar surface area (TPSA) is 88.4 Å². The molecular formula is C22H16N2O4S. The van der Waals surface area contributed by atoms with Crippen molar-refractivity contribution in [3.05, 3.63) is 88.1 Å². The largest absolute Gasteiger partial charge is 0.494 e. The van der Waals surface area contributed by atoms with E-state index in [0.29, 0.717) is 16.5 Å². The van der Waals surface area contributed by atoms with E-state index in [1.807, 2.05) is 17.5 Å². The summed E-state index contributed by atoms with van der Waals surface area (Å²) in [6.07, 6.45) is 0.115. The van der Waals surface area contributed by atoms with Gasteiger partial charge in [-0.25, -0.2) is 9.36 Å². The number of hydrogen-bond donors (Lipinski definition) is 2. The highest BCUT2D eigenvalue weighted by Gasteiger charge is 2.26. The van der Waals surface area contributed by atoms with E-state index in [0.717, 1.165) is 9.44 Å². The van der Waals surface area contributed by atoms with Gasteiger partial charge in [0.25, 0.3) is 5.91 Å². The van der Waals surface area contributed by atoms with Gasteiger partial charge in [0.15, 0.2) is 5.78 Å². The molecule has 0 fully saturated rings. The van der Waals surface area contributed by atoms with Crippen molar-refractivity contribution in [3.8, 4) is 5.88 Å². The van der Waals surface area contributed by atoms with Crippen LogP contribution in [0.3, 0.4) is 0 Å². The number of imide groups is 1. The summed E-state index contributed by atoms with van der Waals surface area (Å²) in [6, 6.07) is 17.8. The van der Waals surface area contributed by atoms with Crippen molar-refractivity contribution in [3.63, 3.8) is 0 Å². The van der Waals surface area contributed by atoms with Crippen LogP contribution in [0.4, 0.5) is 4.79 Å². The molecule has 2 aromatic heterocycles. The fourth-order valence-corrected chi connectivity index (χ4v) is 3.88. The molecule has 144 valence electrons. The summed E-state index contributed by atoms with van der Waals surface area (Å²) in [7, 11) is 0.